The molecule has 3 amide bonds. The van der Waals surface area contributed by atoms with E-state index in [1.54, 1.807) is 12.1 Å². The van der Waals surface area contributed by atoms with E-state index in [2.05, 4.69) is 21.2 Å². The first kappa shape index (κ1) is 17.0. The zero-order valence-corrected chi connectivity index (χ0v) is 14.6. The van der Waals surface area contributed by atoms with Gasteiger partial charge in [-0.05, 0) is 42.5 Å². The first-order valence-corrected chi connectivity index (χ1v) is 8.06. The van der Waals surface area contributed by atoms with Gasteiger partial charge >= 0.3 is 0 Å². The Labute approximate surface area is 151 Å². The Kier molecular flexibility index (Phi) is 4.50. The Morgan fingerprint density at radius 3 is 2.60 bits per heavy atom. The molecule has 0 spiro atoms. The summed E-state index contributed by atoms with van der Waals surface area (Å²) in [6.07, 6.45) is 2.54. The summed E-state index contributed by atoms with van der Waals surface area (Å²) in [6, 6.07) is 8.88. The number of halogens is 2. The molecular formula is C18H12BrFN2O3. The van der Waals surface area contributed by atoms with Crippen molar-refractivity contribution in [2.24, 2.45) is 0 Å². The molecular weight excluding hydrogens is 391 g/mol. The maximum absolute atomic E-state index is 13.6. The molecule has 25 heavy (non-hydrogen) atoms. The number of benzene rings is 2. The van der Waals surface area contributed by atoms with Gasteiger partial charge in [-0.15, -0.1) is 0 Å². The monoisotopic (exact) mass is 402 g/mol. The van der Waals surface area contributed by atoms with Crippen molar-refractivity contribution in [2.45, 2.75) is 0 Å². The number of carbonyl (C=O) groups is 3. The first-order chi connectivity index (χ1) is 11.9. The number of anilines is 1. The van der Waals surface area contributed by atoms with Gasteiger partial charge in [0.15, 0.2) is 0 Å². The molecule has 0 radical (unpaired) electrons. The van der Waals surface area contributed by atoms with Gasteiger partial charge in [0.1, 0.15) is 5.82 Å². The van der Waals surface area contributed by atoms with Crippen LogP contribution in [-0.2, 0) is 4.79 Å². The van der Waals surface area contributed by atoms with Crippen LogP contribution in [0, 0.1) is 5.82 Å². The fourth-order valence-electron chi connectivity index (χ4n) is 2.43. The summed E-state index contributed by atoms with van der Waals surface area (Å²) in [5.74, 6) is -1.72. The number of hydrogen-bond acceptors (Lipinski definition) is 3. The van der Waals surface area contributed by atoms with Crippen molar-refractivity contribution in [2.75, 3.05) is 12.4 Å². The second kappa shape index (κ2) is 6.60. The SMILES string of the molecule is CN1C(=O)c2ccc(NC(=O)/C=C/c3cc(Br)ccc3F)cc2C1=O. The highest BCUT2D eigenvalue weighted by Gasteiger charge is 2.32. The minimum Gasteiger partial charge on any atom is -0.322 e. The standard InChI is InChI=1S/C18H12BrFN2O3/c1-22-17(24)13-5-4-12(9-14(13)18(22)25)21-16(23)7-2-10-8-11(19)3-6-15(10)20/h2-9H,1H3,(H,21,23)/b7-2+. The lowest BCUT2D eigenvalue weighted by Crippen LogP contribution is -2.24. The third kappa shape index (κ3) is 3.36. The maximum Gasteiger partial charge on any atom is 0.261 e. The van der Waals surface area contributed by atoms with Crippen molar-refractivity contribution in [3.63, 3.8) is 0 Å². The van der Waals surface area contributed by atoms with Crippen LogP contribution in [0.4, 0.5) is 10.1 Å². The number of rotatable bonds is 3. The number of fused-ring (bicyclic) bond motifs is 1. The molecule has 126 valence electrons. The Morgan fingerprint density at radius 1 is 1.12 bits per heavy atom. The van der Waals surface area contributed by atoms with E-state index in [0.717, 1.165) is 4.90 Å². The predicted octanol–water partition coefficient (Wildman–Crippen LogP) is 3.47. The van der Waals surface area contributed by atoms with Gasteiger partial charge in [0.2, 0.25) is 5.91 Å². The summed E-state index contributed by atoms with van der Waals surface area (Å²) < 4.78 is 14.3. The lowest BCUT2D eigenvalue weighted by Gasteiger charge is -2.04. The third-order valence-corrected chi connectivity index (χ3v) is 4.22. The Morgan fingerprint density at radius 2 is 1.84 bits per heavy atom. The molecule has 0 aliphatic carbocycles. The van der Waals surface area contributed by atoms with Crippen LogP contribution in [0.3, 0.4) is 0 Å². The molecule has 2 aromatic carbocycles. The van der Waals surface area contributed by atoms with Crippen molar-refractivity contribution >= 4 is 45.4 Å². The highest BCUT2D eigenvalue weighted by atomic mass is 79.9. The van der Waals surface area contributed by atoms with Crippen molar-refractivity contribution < 1.29 is 18.8 Å². The smallest absolute Gasteiger partial charge is 0.261 e. The van der Waals surface area contributed by atoms with Gasteiger partial charge in [0.25, 0.3) is 11.8 Å². The number of hydrogen-bond donors (Lipinski definition) is 1. The topological polar surface area (TPSA) is 66.5 Å². The van der Waals surface area contributed by atoms with Crippen LogP contribution >= 0.6 is 15.9 Å². The van der Waals surface area contributed by atoms with E-state index in [-0.39, 0.29) is 17.0 Å². The summed E-state index contributed by atoms with van der Waals surface area (Å²) in [5.41, 5.74) is 1.19. The van der Waals surface area contributed by atoms with E-state index in [9.17, 15) is 18.8 Å². The van der Waals surface area contributed by atoms with Crippen LogP contribution in [0.25, 0.3) is 6.08 Å². The highest BCUT2D eigenvalue weighted by Crippen LogP contribution is 2.24. The van der Waals surface area contributed by atoms with Crippen LogP contribution in [0.15, 0.2) is 46.9 Å². The van der Waals surface area contributed by atoms with Gasteiger partial charge in [-0.3, -0.25) is 19.3 Å². The minimum atomic E-state index is -0.482. The zero-order chi connectivity index (χ0) is 18.1. The number of imide groups is 1. The van der Waals surface area contributed by atoms with Crippen LogP contribution in [0.2, 0.25) is 0 Å². The van der Waals surface area contributed by atoms with E-state index < -0.39 is 17.6 Å². The second-order valence-electron chi connectivity index (χ2n) is 5.42. The average Bonchev–Trinajstić information content (AvgIpc) is 2.80. The molecule has 0 aromatic heterocycles. The van der Waals surface area contributed by atoms with Crippen molar-refractivity contribution in [3.8, 4) is 0 Å². The lowest BCUT2D eigenvalue weighted by molar-refractivity contribution is -0.111. The normalized spacial score (nSPS) is 13.5. The molecule has 7 heteroatoms. The van der Waals surface area contributed by atoms with E-state index in [0.29, 0.717) is 15.7 Å². The fourth-order valence-corrected chi connectivity index (χ4v) is 2.81. The maximum atomic E-state index is 13.6. The summed E-state index contributed by atoms with van der Waals surface area (Å²) in [4.78, 5) is 36.8. The molecule has 0 fully saturated rings. The number of nitrogens with zero attached hydrogens (tertiary/aromatic N) is 1. The van der Waals surface area contributed by atoms with E-state index in [1.807, 2.05) is 0 Å². The molecule has 0 saturated heterocycles. The average molecular weight is 403 g/mol. The number of carbonyl (C=O) groups excluding carboxylic acids is 3. The molecule has 0 saturated carbocycles. The molecule has 0 bridgehead atoms. The van der Waals surface area contributed by atoms with Crippen LogP contribution in [0.5, 0.6) is 0 Å². The van der Waals surface area contributed by atoms with Gasteiger partial charge in [0.05, 0.1) is 11.1 Å². The Balaban J connectivity index is 1.76. The molecule has 5 nitrogen and oxygen atoms in total. The lowest BCUT2D eigenvalue weighted by atomic mass is 10.1. The van der Waals surface area contributed by atoms with E-state index in [1.165, 1.54) is 43.5 Å². The highest BCUT2D eigenvalue weighted by molar-refractivity contribution is 9.10. The molecule has 0 atom stereocenters. The fraction of sp³-hybridized carbons (Fsp3) is 0.0556. The number of nitrogens with one attached hydrogen (secondary N) is 1. The largest absolute Gasteiger partial charge is 0.322 e. The van der Waals surface area contributed by atoms with Gasteiger partial charge in [0, 0.05) is 28.8 Å². The quantitative estimate of drug-likeness (QED) is 0.631. The first-order valence-electron chi connectivity index (χ1n) is 7.27. The van der Waals surface area contributed by atoms with Crippen molar-refractivity contribution in [1.29, 1.82) is 0 Å². The zero-order valence-electron chi connectivity index (χ0n) is 13.0. The van der Waals surface area contributed by atoms with Gasteiger partial charge in [-0.25, -0.2) is 4.39 Å². The van der Waals surface area contributed by atoms with E-state index >= 15 is 0 Å². The van der Waals surface area contributed by atoms with Crippen LogP contribution < -0.4 is 5.32 Å². The molecule has 1 aliphatic rings. The Bertz CT molecular complexity index is 940. The minimum absolute atomic E-state index is 0.243. The molecule has 1 N–H and O–H groups in total. The van der Waals surface area contributed by atoms with Crippen molar-refractivity contribution in [3.05, 3.63) is 69.5 Å². The van der Waals surface area contributed by atoms with Gasteiger partial charge in [-0.2, -0.15) is 0 Å². The summed E-state index contributed by atoms with van der Waals surface area (Å²) in [6.45, 7) is 0. The third-order valence-electron chi connectivity index (χ3n) is 3.73. The molecule has 2 aromatic rings. The van der Waals surface area contributed by atoms with Gasteiger partial charge in [-0.1, -0.05) is 15.9 Å². The molecule has 0 unspecified atom stereocenters. The van der Waals surface area contributed by atoms with Crippen molar-refractivity contribution in [1.82, 2.24) is 4.90 Å². The summed E-state index contributed by atoms with van der Waals surface area (Å²) in [7, 11) is 1.40. The Hall–Kier alpha value is -2.80. The second-order valence-corrected chi connectivity index (χ2v) is 6.33. The summed E-state index contributed by atoms with van der Waals surface area (Å²) in [5, 5.41) is 2.58. The molecule has 1 heterocycles. The predicted molar refractivity (Wildman–Crippen MR) is 94.6 cm³/mol. The van der Waals surface area contributed by atoms with E-state index in [4.69, 9.17) is 0 Å². The number of amides is 3. The van der Waals surface area contributed by atoms with Gasteiger partial charge < -0.3 is 5.32 Å². The van der Waals surface area contributed by atoms with Crippen LogP contribution in [0.1, 0.15) is 26.3 Å². The molecule has 3 rings (SSSR count). The van der Waals surface area contributed by atoms with Crippen LogP contribution in [-0.4, -0.2) is 29.7 Å². The molecule has 1 aliphatic heterocycles. The summed E-state index contributed by atoms with van der Waals surface area (Å²) >= 11 is 3.24.